The van der Waals surface area contributed by atoms with Crippen molar-refractivity contribution in [2.45, 2.75) is 80.7 Å². The molecule has 0 fully saturated rings. The summed E-state index contributed by atoms with van der Waals surface area (Å²) in [7, 11) is 2.08. The van der Waals surface area contributed by atoms with E-state index in [1.165, 1.54) is 22.3 Å². The smallest absolute Gasteiger partial charge is 0.176 e. The Labute approximate surface area is 189 Å². The number of aromatic nitrogens is 4. The summed E-state index contributed by atoms with van der Waals surface area (Å²) in [6.07, 6.45) is 17.3. The van der Waals surface area contributed by atoms with Gasteiger partial charge in [0.15, 0.2) is 11.6 Å². The standard InChI is InChI=1S/C27H40N4/c1-9-31-25(17-23(7)15-11-13-21(4)5)19-29-27(31)26-28-18-24(30(26)8)16-22(6)14-10-12-20(2)3/h12-13,16-19H,9-11,14-15H2,1-8H3. The Morgan fingerprint density at radius 2 is 1.26 bits per heavy atom. The van der Waals surface area contributed by atoms with Gasteiger partial charge < -0.3 is 9.13 Å². The van der Waals surface area contributed by atoms with Gasteiger partial charge in [0, 0.05) is 13.6 Å². The molecule has 0 atom stereocenters. The Hall–Kier alpha value is -2.62. The maximum absolute atomic E-state index is 4.74. The summed E-state index contributed by atoms with van der Waals surface area (Å²) in [5, 5.41) is 0. The van der Waals surface area contributed by atoms with Gasteiger partial charge in [0.2, 0.25) is 0 Å². The van der Waals surface area contributed by atoms with E-state index in [4.69, 9.17) is 9.97 Å². The fourth-order valence-electron chi connectivity index (χ4n) is 3.61. The van der Waals surface area contributed by atoms with Crippen LogP contribution in [0.3, 0.4) is 0 Å². The van der Waals surface area contributed by atoms with Gasteiger partial charge in [-0.15, -0.1) is 0 Å². The zero-order chi connectivity index (χ0) is 23.0. The first kappa shape index (κ1) is 24.6. The number of rotatable bonds is 10. The van der Waals surface area contributed by atoms with Crippen LogP contribution < -0.4 is 0 Å². The minimum absolute atomic E-state index is 0.863. The second-order valence-electron chi connectivity index (χ2n) is 8.94. The molecule has 31 heavy (non-hydrogen) atoms. The van der Waals surface area contributed by atoms with Crippen molar-refractivity contribution in [3.63, 3.8) is 0 Å². The van der Waals surface area contributed by atoms with Crippen molar-refractivity contribution in [3.8, 4) is 11.6 Å². The predicted octanol–water partition coefficient (Wildman–Crippen LogP) is 7.60. The number of allylic oxidation sites excluding steroid dienone is 6. The van der Waals surface area contributed by atoms with Crippen LogP contribution in [0, 0.1) is 0 Å². The second kappa shape index (κ2) is 11.7. The average molecular weight is 421 g/mol. The topological polar surface area (TPSA) is 35.6 Å². The molecule has 2 aromatic heterocycles. The maximum Gasteiger partial charge on any atom is 0.176 e. The van der Waals surface area contributed by atoms with Crippen molar-refractivity contribution in [2.24, 2.45) is 7.05 Å². The zero-order valence-corrected chi connectivity index (χ0v) is 20.8. The number of nitrogens with zero attached hydrogens (tertiary/aromatic N) is 4. The molecule has 0 aliphatic rings. The van der Waals surface area contributed by atoms with Crippen molar-refractivity contribution in [3.05, 3.63) is 58.2 Å². The number of hydrogen-bond acceptors (Lipinski definition) is 2. The van der Waals surface area contributed by atoms with Gasteiger partial charge in [-0.3, -0.25) is 0 Å². The normalized spacial score (nSPS) is 12.3. The Morgan fingerprint density at radius 3 is 1.77 bits per heavy atom. The van der Waals surface area contributed by atoms with Crippen LogP contribution in [0.1, 0.15) is 85.5 Å². The molecule has 0 saturated heterocycles. The van der Waals surface area contributed by atoms with Crippen LogP contribution in [0.15, 0.2) is 46.8 Å². The quantitative estimate of drug-likeness (QED) is 0.371. The predicted molar refractivity (Wildman–Crippen MR) is 135 cm³/mol. The lowest BCUT2D eigenvalue weighted by Gasteiger charge is -2.09. The number of imidazole rings is 2. The van der Waals surface area contributed by atoms with E-state index in [1.54, 1.807) is 0 Å². The van der Waals surface area contributed by atoms with Crippen LogP contribution in [0.2, 0.25) is 0 Å². The molecule has 0 N–H and O–H groups in total. The molecule has 0 saturated carbocycles. The molecule has 4 heteroatoms. The summed E-state index contributed by atoms with van der Waals surface area (Å²) in [5.41, 5.74) is 7.74. The summed E-state index contributed by atoms with van der Waals surface area (Å²) in [6, 6.07) is 0. The third-order valence-electron chi connectivity index (χ3n) is 5.40. The number of hydrogen-bond donors (Lipinski definition) is 0. The lowest BCUT2D eigenvalue weighted by Crippen LogP contribution is -2.04. The fourth-order valence-corrected chi connectivity index (χ4v) is 3.61. The van der Waals surface area contributed by atoms with E-state index in [1.807, 2.05) is 12.4 Å². The lowest BCUT2D eigenvalue weighted by molar-refractivity contribution is 0.748. The van der Waals surface area contributed by atoms with Gasteiger partial charge in [0.05, 0.1) is 23.8 Å². The van der Waals surface area contributed by atoms with Gasteiger partial charge in [-0.1, -0.05) is 34.4 Å². The monoisotopic (exact) mass is 420 g/mol. The van der Waals surface area contributed by atoms with Gasteiger partial charge in [-0.2, -0.15) is 0 Å². The summed E-state index contributed by atoms with van der Waals surface area (Å²) in [4.78, 5) is 9.45. The van der Waals surface area contributed by atoms with Crippen LogP contribution in [0.25, 0.3) is 23.8 Å². The average Bonchev–Trinajstić information content (AvgIpc) is 3.24. The summed E-state index contributed by atoms with van der Waals surface area (Å²) in [5.74, 6) is 1.84. The van der Waals surface area contributed by atoms with E-state index in [0.29, 0.717) is 0 Å². The Bertz CT molecular complexity index is 985. The Morgan fingerprint density at radius 1 is 0.774 bits per heavy atom. The fraction of sp³-hybridized carbons (Fsp3) is 0.481. The summed E-state index contributed by atoms with van der Waals surface area (Å²) >= 11 is 0. The molecule has 0 aliphatic carbocycles. The third kappa shape index (κ3) is 7.23. The first-order valence-corrected chi connectivity index (χ1v) is 11.4. The molecular formula is C27H40N4. The molecule has 0 spiro atoms. The van der Waals surface area contributed by atoms with Crippen LogP contribution in [0.5, 0.6) is 0 Å². The summed E-state index contributed by atoms with van der Waals surface area (Å²) in [6.45, 7) is 16.0. The molecule has 168 valence electrons. The molecule has 0 bridgehead atoms. The molecule has 4 nitrogen and oxygen atoms in total. The molecule has 2 rings (SSSR count). The van der Waals surface area contributed by atoms with Crippen molar-refractivity contribution in [1.29, 1.82) is 0 Å². The van der Waals surface area contributed by atoms with E-state index in [-0.39, 0.29) is 0 Å². The Balaban J connectivity index is 2.24. The van der Waals surface area contributed by atoms with Crippen LogP contribution in [-0.2, 0) is 13.6 Å². The van der Waals surface area contributed by atoms with Crippen molar-refractivity contribution in [2.75, 3.05) is 0 Å². The molecule has 0 radical (unpaired) electrons. The van der Waals surface area contributed by atoms with E-state index < -0.39 is 0 Å². The van der Waals surface area contributed by atoms with Crippen LogP contribution >= 0.6 is 0 Å². The van der Waals surface area contributed by atoms with Gasteiger partial charge >= 0.3 is 0 Å². The second-order valence-corrected chi connectivity index (χ2v) is 8.94. The molecule has 0 aliphatic heterocycles. The van der Waals surface area contributed by atoms with Crippen LogP contribution in [-0.4, -0.2) is 19.1 Å². The Kier molecular flexibility index (Phi) is 9.29. The van der Waals surface area contributed by atoms with Gasteiger partial charge in [-0.05, 0) is 86.3 Å². The highest BCUT2D eigenvalue weighted by Crippen LogP contribution is 2.23. The molecular weight excluding hydrogens is 380 g/mol. The van der Waals surface area contributed by atoms with Crippen molar-refractivity contribution >= 4 is 12.2 Å². The van der Waals surface area contributed by atoms with Gasteiger partial charge in [-0.25, -0.2) is 9.97 Å². The van der Waals surface area contributed by atoms with Gasteiger partial charge in [0.1, 0.15) is 0 Å². The van der Waals surface area contributed by atoms with E-state index in [0.717, 1.165) is 55.3 Å². The first-order chi connectivity index (χ1) is 14.7. The largest absolute Gasteiger partial charge is 0.325 e. The molecule has 0 amide bonds. The van der Waals surface area contributed by atoms with E-state index in [2.05, 4.69) is 89.0 Å². The minimum Gasteiger partial charge on any atom is -0.325 e. The first-order valence-electron chi connectivity index (χ1n) is 11.4. The molecule has 0 unspecified atom stereocenters. The highest BCUT2D eigenvalue weighted by molar-refractivity contribution is 5.58. The van der Waals surface area contributed by atoms with Crippen LogP contribution in [0.4, 0.5) is 0 Å². The maximum atomic E-state index is 4.74. The zero-order valence-electron chi connectivity index (χ0n) is 20.8. The molecule has 2 aromatic rings. The minimum atomic E-state index is 0.863. The lowest BCUT2D eigenvalue weighted by atomic mass is 10.1. The summed E-state index contributed by atoms with van der Waals surface area (Å²) < 4.78 is 4.40. The van der Waals surface area contributed by atoms with E-state index >= 15 is 0 Å². The SMILES string of the molecule is CCn1c(C=C(C)CCC=C(C)C)cnc1-c1ncc(C=C(C)CCC=C(C)C)n1C. The highest BCUT2D eigenvalue weighted by Gasteiger charge is 2.15. The molecule has 0 aromatic carbocycles. The van der Waals surface area contributed by atoms with Crippen molar-refractivity contribution < 1.29 is 0 Å². The van der Waals surface area contributed by atoms with E-state index in [9.17, 15) is 0 Å². The van der Waals surface area contributed by atoms with Crippen molar-refractivity contribution in [1.82, 2.24) is 19.1 Å². The van der Waals surface area contributed by atoms with Gasteiger partial charge in [0.25, 0.3) is 0 Å². The highest BCUT2D eigenvalue weighted by atomic mass is 15.2. The third-order valence-corrected chi connectivity index (χ3v) is 5.40. The molecule has 2 heterocycles.